The molecular formula is C42H46IrNO3-. The molecule has 8 rings (SSSR count). The topological polar surface area (TPSA) is 63.3 Å². The number of ketones is 1. The minimum absolute atomic E-state index is 0. The summed E-state index contributed by atoms with van der Waals surface area (Å²) in [5.74, 6) is 1.65. The number of rotatable bonds is 5. The number of aryl methyl sites for hydroxylation is 1. The number of aliphatic hydroxyl groups is 1. The quantitative estimate of drug-likeness (QED) is 0.109. The summed E-state index contributed by atoms with van der Waals surface area (Å²) in [5, 5.41) is 14.5. The van der Waals surface area contributed by atoms with E-state index in [-0.39, 0.29) is 37.7 Å². The van der Waals surface area contributed by atoms with E-state index in [1.54, 1.807) is 0 Å². The molecule has 1 radical (unpaired) electrons. The van der Waals surface area contributed by atoms with Gasteiger partial charge in [-0.3, -0.25) is 4.79 Å². The summed E-state index contributed by atoms with van der Waals surface area (Å²) >= 11 is 0. The Hall–Kier alpha value is -3.27. The van der Waals surface area contributed by atoms with Crippen LogP contribution in [0.2, 0.25) is 0 Å². The van der Waals surface area contributed by atoms with Crippen LogP contribution in [-0.2, 0) is 24.9 Å². The second-order valence-electron chi connectivity index (χ2n) is 14.8. The zero-order valence-corrected chi connectivity index (χ0v) is 30.3. The van der Waals surface area contributed by atoms with Gasteiger partial charge in [-0.05, 0) is 90.4 Å². The Balaban J connectivity index is 0.000000204. The van der Waals surface area contributed by atoms with Gasteiger partial charge >= 0.3 is 0 Å². The van der Waals surface area contributed by atoms with Crippen LogP contribution in [0.25, 0.3) is 44.0 Å². The third-order valence-corrected chi connectivity index (χ3v) is 10.8. The SMILES string of the molecule is Cc1[c-]c(-c2nccc3cc(C4CCC(C)(C)C4)ccc23)c2oc3ccccc3c2c1.O=C(/C=C(\O)C1CCCC1)C1CCCC1.[Ir]. The molecule has 47 heavy (non-hydrogen) atoms. The van der Waals surface area contributed by atoms with Crippen LogP contribution in [-0.4, -0.2) is 15.9 Å². The zero-order valence-electron chi connectivity index (χ0n) is 27.9. The average Bonchev–Trinajstić information content (AvgIpc) is 3.88. The number of benzene rings is 3. The van der Waals surface area contributed by atoms with Crippen LogP contribution < -0.4 is 0 Å². The smallest absolute Gasteiger partial charge is 0.162 e. The van der Waals surface area contributed by atoms with Crippen molar-refractivity contribution in [3.63, 3.8) is 0 Å². The van der Waals surface area contributed by atoms with Crippen molar-refractivity contribution in [2.24, 2.45) is 17.3 Å². The summed E-state index contributed by atoms with van der Waals surface area (Å²) in [6, 6.07) is 23.0. The van der Waals surface area contributed by atoms with Crippen molar-refractivity contribution in [3.05, 3.63) is 89.8 Å². The monoisotopic (exact) mass is 805 g/mol. The van der Waals surface area contributed by atoms with E-state index in [1.165, 1.54) is 62.0 Å². The van der Waals surface area contributed by atoms with Gasteiger partial charge in [0.2, 0.25) is 0 Å². The van der Waals surface area contributed by atoms with Crippen LogP contribution >= 0.6 is 0 Å². The molecule has 3 fully saturated rings. The molecule has 247 valence electrons. The van der Waals surface area contributed by atoms with E-state index in [9.17, 15) is 9.90 Å². The summed E-state index contributed by atoms with van der Waals surface area (Å²) in [6.45, 7) is 6.88. The summed E-state index contributed by atoms with van der Waals surface area (Å²) in [6.07, 6.45) is 16.2. The number of hydrogen-bond acceptors (Lipinski definition) is 4. The van der Waals surface area contributed by atoms with Gasteiger partial charge in [-0.15, -0.1) is 17.7 Å². The fourth-order valence-corrected chi connectivity index (χ4v) is 8.25. The number of allylic oxidation sites excluding steroid dienone is 2. The van der Waals surface area contributed by atoms with Crippen molar-refractivity contribution in [2.45, 2.75) is 97.3 Å². The first-order valence-corrected chi connectivity index (χ1v) is 17.4. The minimum Gasteiger partial charge on any atom is -0.512 e. The number of nitrogens with zero attached hydrogens (tertiary/aromatic N) is 1. The van der Waals surface area contributed by atoms with E-state index in [0.29, 0.717) is 17.1 Å². The van der Waals surface area contributed by atoms with Gasteiger partial charge in [0.25, 0.3) is 0 Å². The van der Waals surface area contributed by atoms with Crippen LogP contribution in [0.15, 0.2) is 77.0 Å². The first-order chi connectivity index (χ1) is 22.3. The molecule has 3 saturated carbocycles. The molecule has 5 heteroatoms. The summed E-state index contributed by atoms with van der Waals surface area (Å²) in [7, 11) is 0. The zero-order chi connectivity index (χ0) is 31.8. The summed E-state index contributed by atoms with van der Waals surface area (Å²) in [5.41, 5.74) is 6.68. The van der Waals surface area contributed by atoms with Gasteiger partial charge < -0.3 is 14.5 Å². The molecule has 1 atom stereocenters. The molecule has 0 bridgehead atoms. The molecule has 0 amide bonds. The van der Waals surface area contributed by atoms with E-state index in [4.69, 9.17) is 9.40 Å². The predicted octanol–water partition coefficient (Wildman–Crippen LogP) is 11.6. The molecule has 3 aliphatic carbocycles. The molecule has 4 nitrogen and oxygen atoms in total. The van der Waals surface area contributed by atoms with Gasteiger partial charge in [0.15, 0.2) is 5.78 Å². The van der Waals surface area contributed by atoms with Crippen LogP contribution in [0, 0.1) is 30.2 Å². The average molecular weight is 805 g/mol. The van der Waals surface area contributed by atoms with E-state index < -0.39 is 0 Å². The van der Waals surface area contributed by atoms with Crippen LogP contribution in [0.4, 0.5) is 0 Å². The Bertz CT molecular complexity index is 1920. The number of aromatic nitrogens is 1. The second-order valence-corrected chi connectivity index (χ2v) is 14.8. The Labute approximate surface area is 292 Å². The number of furan rings is 1. The summed E-state index contributed by atoms with van der Waals surface area (Å²) in [4.78, 5) is 16.6. The normalized spacial score (nSPS) is 20.1. The Kier molecular flexibility index (Phi) is 10.1. The largest absolute Gasteiger partial charge is 0.512 e. The van der Waals surface area contributed by atoms with Crippen LogP contribution in [0.5, 0.6) is 0 Å². The number of para-hydroxylation sites is 1. The Morgan fingerprint density at radius 3 is 2.36 bits per heavy atom. The molecule has 1 unspecified atom stereocenters. The van der Waals surface area contributed by atoms with Crippen LogP contribution in [0.3, 0.4) is 0 Å². The fourth-order valence-electron chi connectivity index (χ4n) is 8.25. The minimum atomic E-state index is 0. The van der Waals surface area contributed by atoms with E-state index in [2.05, 4.69) is 69.3 Å². The maximum Gasteiger partial charge on any atom is 0.162 e. The van der Waals surface area contributed by atoms with Crippen molar-refractivity contribution in [3.8, 4) is 11.3 Å². The molecular weight excluding hydrogens is 759 g/mol. The van der Waals surface area contributed by atoms with Gasteiger partial charge in [-0.1, -0.05) is 93.8 Å². The number of aliphatic hydroxyl groups excluding tert-OH is 1. The molecule has 0 saturated heterocycles. The maximum absolute atomic E-state index is 11.8. The van der Waals surface area contributed by atoms with Crippen molar-refractivity contribution >= 4 is 38.5 Å². The second kappa shape index (κ2) is 14.1. The molecule has 5 aromatic rings. The van der Waals surface area contributed by atoms with Gasteiger partial charge in [0.05, 0.1) is 11.3 Å². The number of carbonyl (C=O) groups excluding carboxylic acids is 1. The van der Waals surface area contributed by atoms with E-state index >= 15 is 0 Å². The number of carbonyl (C=O) groups is 1. The molecule has 0 aliphatic heterocycles. The Morgan fingerprint density at radius 1 is 0.915 bits per heavy atom. The molecule has 2 aromatic heterocycles. The summed E-state index contributed by atoms with van der Waals surface area (Å²) < 4.78 is 6.30. The number of hydrogen-bond donors (Lipinski definition) is 1. The van der Waals surface area contributed by atoms with Gasteiger partial charge in [-0.2, -0.15) is 0 Å². The first kappa shape index (κ1) is 33.6. The number of fused-ring (bicyclic) bond motifs is 4. The molecule has 0 spiro atoms. The van der Waals surface area contributed by atoms with Crippen molar-refractivity contribution < 1.29 is 34.4 Å². The Morgan fingerprint density at radius 2 is 1.64 bits per heavy atom. The van der Waals surface area contributed by atoms with Gasteiger partial charge in [0, 0.05) is 49.6 Å². The number of pyridine rings is 1. The van der Waals surface area contributed by atoms with Crippen molar-refractivity contribution in [2.75, 3.05) is 0 Å². The third-order valence-electron chi connectivity index (χ3n) is 10.8. The standard InChI is InChI=1S/C29H26NO.C13H20O2.Ir/c1-18-14-24-23-6-4-5-7-26(23)31-28(24)25(15-18)27-22-9-8-19(16-20(22)11-13-30-27)21-10-12-29(2,3)17-21;14-12(10-5-1-2-6-10)9-13(15)11-7-3-4-8-11;/h4-9,11,13-14,16,21H,10,12,17H2,1-3H3;9-11,14H,1-8H2;/q-1;;/b;12-9-;. The van der Waals surface area contributed by atoms with E-state index in [0.717, 1.165) is 69.8 Å². The van der Waals surface area contributed by atoms with Gasteiger partial charge in [0.1, 0.15) is 5.58 Å². The van der Waals surface area contributed by atoms with Gasteiger partial charge in [-0.25, -0.2) is 0 Å². The van der Waals surface area contributed by atoms with Crippen molar-refractivity contribution in [1.29, 1.82) is 0 Å². The predicted molar refractivity (Wildman–Crippen MR) is 188 cm³/mol. The molecule has 2 heterocycles. The van der Waals surface area contributed by atoms with Crippen LogP contribution in [0.1, 0.15) is 102 Å². The first-order valence-electron chi connectivity index (χ1n) is 17.4. The fraction of sp³-hybridized carbons (Fsp3) is 0.429. The molecule has 1 N–H and O–H groups in total. The third kappa shape index (κ3) is 7.13. The molecule has 3 aromatic carbocycles. The van der Waals surface area contributed by atoms with Crippen molar-refractivity contribution in [1.82, 2.24) is 4.98 Å². The van der Waals surface area contributed by atoms with E-state index in [1.807, 2.05) is 18.3 Å². The molecule has 3 aliphatic rings. The maximum atomic E-state index is 11.8.